The van der Waals surface area contributed by atoms with Crippen molar-refractivity contribution in [2.75, 3.05) is 31.1 Å². The van der Waals surface area contributed by atoms with E-state index in [9.17, 15) is 4.79 Å². The zero-order valence-electron chi connectivity index (χ0n) is 16.2. The number of piperazine rings is 1. The molecule has 142 valence electrons. The number of anilines is 1. The van der Waals surface area contributed by atoms with Crippen molar-refractivity contribution in [2.45, 2.75) is 38.9 Å². The van der Waals surface area contributed by atoms with Gasteiger partial charge in [-0.2, -0.15) is 0 Å². The molecule has 0 aromatic heterocycles. The highest BCUT2D eigenvalue weighted by Crippen LogP contribution is 2.30. The molecule has 27 heavy (non-hydrogen) atoms. The van der Waals surface area contributed by atoms with Gasteiger partial charge in [0, 0.05) is 51.4 Å². The van der Waals surface area contributed by atoms with E-state index in [0.29, 0.717) is 12.5 Å². The molecule has 0 aliphatic carbocycles. The van der Waals surface area contributed by atoms with E-state index in [1.54, 1.807) is 0 Å². The summed E-state index contributed by atoms with van der Waals surface area (Å²) in [6, 6.07) is 19.7. The Kier molecular flexibility index (Phi) is 5.44. The van der Waals surface area contributed by atoms with E-state index in [2.05, 4.69) is 76.2 Å². The Bertz CT molecular complexity index is 776. The van der Waals surface area contributed by atoms with Crippen LogP contribution in [0.15, 0.2) is 54.6 Å². The summed E-state index contributed by atoms with van der Waals surface area (Å²) in [7, 11) is 0. The molecule has 2 aliphatic heterocycles. The van der Waals surface area contributed by atoms with E-state index in [1.165, 1.54) is 16.8 Å². The molecule has 4 rings (SSSR count). The van der Waals surface area contributed by atoms with E-state index >= 15 is 0 Å². The highest BCUT2D eigenvalue weighted by Gasteiger charge is 2.33. The van der Waals surface area contributed by atoms with Crippen molar-refractivity contribution < 1.29 is 4.79 Å². The van der Waals surface area contributed by atoms with Crippen molar-refractivity contribution in [3.8, 4) is 0 Å². The highest BCUT2D eigenvalue weighted by atomic mass is 16.2. The minimum atomic E-state index is 0.286. The van der Waals surface area contributed by atoms with Crippen LogP contribution in [0.1, 0.15) is 30.9 Å². The van der Waals surface area contributed by atoms with Gasteiger partial charge in [0.15, 0.2) is 0 Å². The fourth-order valence-electron chi connectivity index (χ4n) is 4.39. The van der Waals surface area contributed by atoms with Crippen LogP contribution in [0, 0.1) is 0 Å². The predicted octanol–water partition coefficient (Wildman–Crippen LogP) is 3.52. The van der Waals surface area contributed by atoms with Gasteiger partial charge in [0.1, 0.15) is 0 Å². The van der Waals surface area contributed by atoms with Gasteiger partial charge in [0.25, 0.3) is 0 Å². The summed E-state index contributed by atoms with van der Waals surface area (Å²) in [5.41, 5.74) is 3.95. The van der Waals surface area contributed by atoms with Crippen molar-refractivity contribution in [1.29, 1.82) is 0 Å². The minimum absolute atomic E-state index is 0.286. The van der Waals surface area contributed by atoms with Gasteiger partial charge < -0.3 is 9.80 Å². The summed E-state index contributed by atoms with van der Waals surface area (Å²) in [4.78, 5) is 19.9. The van der Waals surface area contributed by atoms with E-state index < -0.39 is 0 Å². The lowest BCUT2D eigenvalue weighted by atomic mass is 10.1. The molecule has 0 N–H and O–H groups in total. The summed E-state index contributed by atoms with van der Waals surface area (Å²) in [5.74, 6) is 0.286. The Balaban J connectivity index is 1.56. The van der Waals surface area contributed by atoms with Crippen molar-refractivity contribution in [3.63, 3.8) is 0 Å². The van der Waals surface area contributed by atoms with Crippen LogP contribution in [0.5, 0.6) is 0 Å². The van der Waals surface area contributed by atoms with Gasteiger partial charge in [-0.05, 0) is 23.6 Å². The molecule has 1 amide bonds. The van der Waals surface area contributed by atoms with Crippen molar-refractivity contribution in [3.05, 3.63) is 65.7 Å². The summed E-state index contributed by atoms with van der Waals surface area (Å²) in [6.45, 7) is 7.69. The minimum Gasteiger partial charge on any atom is -0.364 e. The van der Waals surface area contributed by atoms with Crippen LogP contribution in [0.4, 0.5) is 5.69 Å². The molecule has 2 aliphatic rings. The quantitative estimate of drug-likeness (QED) is 0.832. The van der Waals surface area contributed by atoms with Crippen LogP contribution in [-0.2, 0) is 17.9 Å². The van der Waals surface area contributed by atoms with Crippen LogP contribution < -0.4 is 4.90 Å². The smallest absolute Gasteiger partial charge is 0.222 e. The number of nitrogens with zero attached hydrogens (tertiary/aromatic N) is 3. The van der Waals surface area contributed by atoms with Gasteiger partial charge >= 0.3 is 0 Å². The number of hydrogen-bond acceptors (Lipinski definition) is 3. The molecule has 1 saturated heterocycles. The standard InChI is InChI=1S/C23H29N3O/c1-2-8-23(27)25-16-20-11-6-7-12-22(20)26-14-13-24(17-21(26)18-25)15-19-9-4-3-5-10-19/h3-7,9-12,21H,2,8,13-18H2,1H3. The average Bonchev–Trinajstić information content (AvgIpc) is 2.85. The van der Waals surface area contributed by atoms with E-state index in [4.69, 9.17) is 0 Å². The number of para-hydroxylation sites is 1. The summed E-state index contributed by atoms with van der Waals surface area (Å²) >= 11 is 0. The maximum atomic E-state index is 12.7. The summed E-state index contributed by atoms with van der Waals surface area (Å²) in [5, 5.41) is 0. The summed E-state index contributed by atoms with van der Waals surface area (Å²) < 4.78 is 0. The normalized spacial score (nSPS) is 20.0. The van der Waals surface area contributed by atoms with Crippen molar-refractivity contribution >= 4 is 11.6 Å². The number of carbonyl (C=O) groups excluding carboxylic acids is 1. The third-order valence-corrected chi connectivity index (χ3v) is 5.73. The Morgan fingerprint density at radius 3 is 2.59 bits per heavy atom. The molecule has 0 radical (unpaired) electrons. The molecule has 4 nitrogen and oxygen atoms in total. The Hall–Kier alpha value is -2.33. The van der Waals surface area contributed by atoms with Crippen molar-refractivity contribution in [2.24, 2.45) is 0 Å². The van der Waals surface area contributed by atoms with Crippen LogP contribution >= 0.6 is 0 Å². The zero-order chi connectivity index (χ0) is 18.6. The maximum absolute atomic E-state index is 12.7. The first-order valence-electron chi connectivity index (χ1n) is 10.1. The van der Waals surface area contributed by atoms with E-state index in [1.807, 2.05) is 0 Å². The van der Waals surface area contributed by atoms with Gasteiger partial charge in [0.05, 0.1) is 6.04 Å². The third kappa shape index (κ3) is 4.01. The first-order chi connectivity index (χ1) is 13.2. The summed E-state index contributed by atoms with van der Waals surface area (Å²) in [6.07, 6.45) is 1.55. The Morgan fingerprint density at radius 2 is 1.78 bits per heavy atom. The first-order valence-corrected chi connectivity index (χ1v) is 10.1. The number of hydrogen-bond donors (Lipinski definition) is 0. The first kappa shape index (κ1) is 18.1. The van der Waals surface area contributed by atoms with Crippen LogP contribution in [0.25, 0.3) is 0 Å². The van der Waals surface area contributed by atoms with E-state index in [-0.39, 0.29) is 5.91 Å². The number of fused-ring (bicyclic) bond motifs is 3. The number of carbonyl (C=O) groups is 1. The van der Waals surface area contributed by atoms with Gasteiger partial charge in [-0.25, -0.2) is 0 Å². The molecule has 2 aromatic rings. The van der Waals surface area contributed by atoms with E-state index in [0.717, 1.165) is 45.7 Å². The Morgan fingerprint density at radius 1 is 1.00 bits per heavy atom. The third-order valence-electron chi connectivity index (χ3n) is 5.73. The number of rotatable bonds is 4. The molecule has 1 fully saturated rings. The van der Waals surface area contributed by atoms with Gasteiger partial charge in [-0.3, -0.25) is 9.69 Å². The lowest BCUT2D eigenvalue weighted by molar-refractivity contribution is -0.132. The molecule has 2 heterocycles. The topological polar surface area (TPSA) is 26.8 Å². The molecule has 4 heteroatoms. The second-order valence-electron chi connectivity index (χ2n) is 7.72. The fraction of sp³-hybridized carbons (Fsp3) is 0.435. The molecule has 1 unspecified atom stereocenters. The average molecular weight is 364 g/mol. The monoisotopic (exact) mass is 363 g/mol. The highest BCUT2D eigenvalue weighted by molar-refractivity contribution is 5.77. The Labute approximate surface area is 162 Å². The zero-order valence-corrected chi connectivity index (χ0v) is 16.2. The van der Waals surface area contributed by atoms with Crippen molar-refractivity contribution in [1.82, 2.24) is 9.80 Å². The lowest BCUT2D eigenvalue weighted by Gasteiger charge is -2.43. The molecular formula is C23H29N3O. The second kappa shape index (κ2) is 8.13. The van der Waals surface area contributed by atoms with Crippen LogP contribution in [0.2, 0.25) is 0 Å². The van der Waals surface area contributed by atoms with Crippen LogP contribution in [0.3, 0.4) is 0 Å². The fourth-order valence-corrected chi connectivity index (χ4v) is 4.39. The van der Waals surface area contributed by atoms with Gasteiger partial charge in [-0.1, -0.05) is 55.5 Å². The largest absolute Gasteiger partial charge is 0.364 e. The van der Waals surface area contributed by atoms with Gasteiger partial charge in [-0.15, -0.1) is 0 Å². The molecular weight excluding hydrogens is 334 g/mol. The predicted molar refractivity (Wildman–Crippen MR) is 110 cm³/mol. The number of amides is 1. The molecule has 0 spiro atoms. The van der Waals surface area contributed by atoms with Gasteiger partial charge in [0.2, 0.25) is 5.91 Å². The maximum Gasteiger partial charge on any atom is 0.222 e. The molecule has 1 atom stereocenters. The van der Waals surface area contributed by atoms with Crippen LogP contribution in [-0.4, -0.2) is 47.9 Å². The number of benzene rings is 2. The SMILES string of the molecule is CCCC(=O)N1Cc2ccccc2N2CCN(Cc3ccccc3)CC2C1. The lowest BCUT2D eigenvalue weighted by Crippen LogP contribution is -2.56. The molecule has 0 bridgehead atoms. The molecule has 2 aromatic carbocycles. The second-order valence-corrected chi connectivity index (χ2v) is 7.72. The molecule has 0 saturated carbocycles.